The largest absolute Gasteiger partial charge is 0.326 e. The number of nitrogens with zero attached hydrogens (tertiary/aromatic N) is 1. The van der Waals surface area contributed by atoms with E-state index in [0.29, 0.717) is 13.1 Å². The van der Waals surface area contributed by atoms with Gasteiger partial charge in [0.1, 0.15) is 5.82 Å². The van der Waals surface area contributed by atoms with Gasteiger partial charge in [0.05, 0.1) is 0 Å². The molecule has 0 heterocycles. The van der Waals surface area contributed by atoms with Crippen LogP contribution in [0.2, 0.25) is 0 Å². The van der Waals surface area contributed by atoms with E-state index >= 15 is 0 Å². The van der Waals surface area contributed by atoms with Gasteiger partial charge in [-0.05, 0) is 47.9 Å². The zero-order valence-electron chi connectivity index (χ0n) is 12.8. The van der Waals surface area contributed by atoms with E-state index < -0.39 is 0 Å². The minimum atomic E-state index is -0.214. The van der Waals surface area contributed by atoms with Crippen molar-refractivity contribution >= 4 is 0 Å². The monoisotopic (exact) mass is 286 g/mol. The predicted octanol–water partition coefficient (Wildman–Crippen LogP) is 3.48. The maximum atomic E-state index is 13.5. The van der Waals surface area contributed by atoms with Crippen LogP contribution in [0, 0.1) is 5.82 Å². The fourth-order valence-corrected chi connectivity index (χ4v) is 2.49. The van der Waals surface area contributed by atoms with Crippen LogP contribution in [0.4, 0.5) is 4.39 Å². The quantitative estimate of drug-likeness (QED) is 0.881. The molecule has 112 valence electrons. The summed E-state index contributed by atoms with van der Waals surface area (Å²) >= 11 is 0. The number of halogens is 1. The minimum Gasteiger partial charge on any atom is -0.326 e. The van der Waals surface area contributed by atoms with Gasteiger partial charge in [-0.3, -0.25) is 4.90 Å². The van der Waals surface area contributed by atoms with Gasteiger partial charge in [-0.2, -0.15) is 0 Å². The molecule has 0 amide bonds. The molecule has 0 fully saturated rings. The molecule has 0 unspecified atom stereocenters. The number of rotatable bonds is 6. The normalized spacial score (nSPS) is 11.1. The predicted molar refractivity (Wildman–Crippen MR) is 85.3 cm³/mol. The first-order chi connectivity index (χ1) is 10.1. The van der Waals surface area contributed by atoms with Gasteiger partial charge in [0.15, 0.2) is 0 Å². The molecule has 21 heavy (non-hydrogen) atoms. The molecule has 3 heteroatoms. The first-order valence-corrected chi connectivity index (χ1v) is 7.35. The van der Waals surface area contributed by atoms with Gasteiger partial charge in [0.2, 0.25) is 0 Å². The van der Waals surface area contributed by atoms with Gasteiger partial charge in [-0.25, -0.2) is 4.39 Å². The van der Waals surface area contributed by atoms with Crippen LogP contribution < -0.4 is 5.73 Å². The molecule has 0 atom stereocenters. The lowest BCUT2D eigenvalue weighted by atomic mass is 10.1. The Morgan fingerprint density at radius 1 is 0.905 bits per heavy atom. The van der Waals surface area contributed by atoms with Crippen LogP contribution >= 0.6 is 0 Å². The highest BCUT2D eigenvalue weighted by atomic mass is 19.1. The molecular weight excluding hydrogens is 263 g/mol. The van der Waals surface area contributed by atoms with Crippen LogP contribution in [0.3, 0.4) is 0 Å². The standard InChI is InChI=1S/C18H23FN2/c1-3-14-4-6-15(7-5-14)12-21(2)13-17-8-16(11-20)9-18(19)10-17/h4-10H,3,11-13,20H2,1-2H3. The molecule has 2 aromatic rings. The summed E-state index contributed by atoms with van der Waals surface area (Å²) in [5.74, 6) is -0.214. The molecule has 2 aromatic carbocycles. The molecule has 2 rings (SSSR count). The van der Waals surface area contributed by atoms with Crippen LogP contribution in [0.5, 0.6) is 0 Å². The molecule has 0 aliphatic carbocycles. The number of benzene rings is 2. The van der Waals surface area contributed by atoms with Crippen molar-refractivity contribution in [1.29, 1.82) is 0 Å². The fourth-order valence-electron chi connectivity index (χ4n) is 2.49. The maximum Gasteiger partial charge on any atom is 0.123 e. The summed E-state index contributed by atoms with van der Waals surface area (Å²) < 4.78 is 13.5. The number of nitrogens with two attached hydrogens (primary N) is 1. The smallest absolute Gasteiger partial charge is 0.123 e. The summed E-state index contributed by atoms with van der Waals surface area (Å²) in [7, 11) is 2.04. The molecule has 0 spiro atoms. The Kier molecular flexibility index (Phi) is 5.48. The van der Waals surface area contributed by atoms with Crippen molar-refractivity contribution in [3.8, 4) is 0 Å². The van der Waals surface area contributed by atoms with Gasteiger partial charge >= 0.3 is 0 Å². The summed E-state index contributed by atoms with van der Waals surface area (Å²) in [6.07, 6.45) is 1.06. The van der Waals surface area contributed by atoms with Crippen molar-refractivity contribution in [3.63, 3.8) is 0 Å². The van der Waals surface area contributed by atoms with Crippen molar-refractivity contribution in [2.75, 3.05) is 7.05 Å². The molecule has 2 N–H and O–H groups in total. The van der Waals surface area contributed by atoms with Crippen molar-refractivity contribution in [3.05, 3.63) is 70.5 Å². The Morgan fingerprint density at radius 2 is 1.48 bits per heavy atom. The molecule has 2 nitrogen and oxygen atoms in total. The second kappa shape index (κ2) is 7.34. The van der Waals surface area contributed by atoms with Crippen molar-refractivity contribution in [2.45, 2.75) is 33.0 Å². The highest BCUT2D eigenvalue weighted by Gasteiger charge is 2.05. The fraction of sp³-hybridized carbons (Fsp3) is 0.333. The molecule has 0 saturated heterocycles. The average Bonchev–Trinajstić information content (AvgIpc) is 2.47. The average molecular weight is 286 g/mol. The highest BCUT2D eigenvalue weighted by molar-refractivity contribution is 5.25. The highest BCUT2D eigenvalue weighted by Crippen LogP contribution is 2.13. The van der Waals surface area contributed by atoms with Gasteiger partial charge in [0.25, 0.3) is 0 Å². The van der Waals surface area contributed by atoms with Crippen molar-refractivity contribution in [2.24, 2.45) is 5.73 Å². The SMILES string of the molecule is CCc1ccc(CN(C)Cc2cc(F)cc(CN)c2)cc1. The van der Waals surface area contributed by atoms with Gasteiger partial charge < -0.3 is 5.73 Å². The number of aryl methyl sites for hydroxylation is 1. The van der Waals surface area contributed by atoms with E-state index in [0.717, 1.165) is 24.1 Å². The van der Waals surface area contributed by atoms with Crippen molar-refractivity contribution in [1.82, 2.24) is 4.90 Å². The Balaban J connectivity index is 2.00. The molecular formula is C18H23FN2. The summed E-state index contributed by atoms with van der Waals surface area (Å²) in [6.45, 7) is 4.08. The molecule has 0 aromatic heterocycles. The molecule has 0 aliphatic heterocycles. The van der Waals surface area contributed by atoms with E-state index in [1.165, 1.54) is 17.2 Å². The van der Waals surface area contributed by atoms with Gasteiger partial charge in [-0.15, -0.1) is 0 Å². The minimum absolute atomic E-state index is 0.214. The zero-order chi connectivity index (χ0) is 15.2. The summed E-state index contributed by atoms with van der Waals surface area (Å²) in [5, 5.41) is 0. The molecule has 0 aliphatic rings. The van der Waals surface area contributed by atoms with Crippen LogP contribution in [0.1, 0.15) is 29.2 Å². The third kappa shape index (κ3) is 4.66. The van der Waals surface area contributed by atoms with E-state index in [1.807, 2.05) is 13.1 Å². The molecule has 0 bridgehead atoms. The van der Waals surface area contributed by atoms with E-state index in [9.17, 15) is 4.39 Å². The van der Waals surface area contributed by atoms with Crippen molar-refractivity contribution < 1.29 is 4.39 Å². The second-order valence-electron chi connectivity index (χ2n) is 5.51. The Bertz CT molecular complexity index is 578. The van der Waals surface area contributed by atoms with Crippen LogP contribution in [0.25, 0.3) is 0 Å². The molecule has 0 saturated carbocycles. The Hall–Kier alpha value is -1.71. The lowest BCUT2D eigenvalue weighted by Gasteiger charge is -2.17. The first-order valence-electron chi connectivity index (χ1n) is 7.35. The van der Waals surface area contributed by atoms with Crippen LogP contribution in [-0.2, 0) is 26.1 Å². The van der Waals surface area contributed by atoms with Gasteiger partial charge in [0, 0.05) is 19.6 Å². The van der Waals surface area contributed by atoms with Crippen LogP contribution in [-0.4, -0.2) is 11.9 Å². The lowest BCUT2D eigenvalue weighted by Crippen LogP contribution is -2.17. The van der Waals surface area contributed by atoms with E-state index in [1.54, 1.807) is 6.07 Å². The molecule has 0 radical (unpaired) electrons. The van der Waals surface area contributed by atoms with E-state index in [-0.39, 0.29) is 5.82 Å². The van der Waals surface area contributed by atoms with Crippen LogP contribution in [0.15, 0.2) is 42.5 Å². The Morgan fingerprint density at radius 3 is 2.10 bits per heavy atom. The zero-order valence-corrected chi connectivity index (χ0v) is 12.8. The second-order valence-corrected chi connectivity index (χ2v) is 5.51. The number of hydrogen-bond donors (Lipinski definition) is 1. The number of hydrogen-bond acceptors (Lipinski definition) is 2. The van der Waals surface area contributed by atoms with E-state index in [4.69, 9.17) is 5.73 Å². The first kappa shape index (κ1) is 15.7. The Labute approximate surface area is 126 Å². The third-order valence-electron chi connectivity index (χ3n) is 3.59. The van der Waals surface area contributed by atoms with E-state index in [2.05, 4.69) is 36.1 Å². The topological polar surface area (TPSA) is 29.3 Å². The summed E-state index contributed by atoms with van der Waals surface area (Å²) in [6, 6.07) is 13.7. The summed E-state index contributed by atoms with van der Waals surface area (Å²) in [5.41, 5.74) is 10.0. The summed E-state index contributed by atoms with van der Waals surface area (Å²) in [4.78, 5) is 2.18. The maximum absolute atomic E-state index is 13.5. The van der Waals surface area contributed by atoms with Gasteiger partial charge in [-0.1, -0.05) is 37.3 Å². The lowest BCUT2D eigenvalue weighted by molar-refractivity contribution is 0.318. The third-order valence-corrected chi connectivity index (χ3v) is 3.59.